The molecule has 2 amide bonds. The lowest BCUT2D eigenvalue weighted by atomic mass is 9.98. The average Bonchev–Trinajstić information content (AvgIpc) is 3.48. The van der Waals surface area contributed by atoms with Crippen molar-refractivity contribution in [3.63, 3.8) is 0 Å². The van der Waals surface area contributed by atoms with Gasteiger partial charge in [0.15, 0.2) is 5.65 Å². The summed E-state index contributed by atoms with van der Waals surface area (Å²) >= 11 is 0. The number of imidazole rings is 1. The molecule has 4 atom stereocenters. The Hall–Kier alpha value is -2.36. The van der Waals surface area contributed by atoms with Crippen LogP contribution in [0.2, 0.25) is 0 Å². The second-order valence-electron chi connectivity index (χ2n) is 9.48. The zero-order valence-electron chi connectivity index (χ0n) is 18.0. The second-order valence-corrected chi connectivity index (χ2v) is 9.48. The Kier molecular flexibility index (Phi) is 5.51. The number of urea groups is 1. The van der Waals surface area contributed by atoms with Gasteiger partial charge in [-0.05, 0) is 43.1 Å². The van der Waals surface area contributed by atoms with Gasteiger partial charge >= 0.3 is 12.2 Å². The maximum absolute atomic E-state index is 13.1. The molecule has 2 aliphatic carbocycles. The fraction of sp³-hybridized carbons (Fsp3) is 0.682. The van der Waals surface area contributed by atoms with E-state index >= 15 is 0 Å². The first-order valence-electron chi connectivity index (χ1n) is 11.3. The summed E-state index contributed by atoms with van der Waals surface area (Å²) in [6.45, 7) is -0.403. The predicted octanol–water partition coefficient (Wildman–Crippen LogP) is 3.74. The van der Waals surface area contributed by atoms with E-state index in [-0.39, 0.29) is 6.61 Å². The van der Waals surface area contributed by atoms with E-state index < -0.39 is 30.8 Å². The van der Waals surface area contributed by atoms with Crippen molar-refractivity contribution in [3.05, 3.63) is 29.7 Å². The van der Waals surface area contributed by atoms with Gasteiger partial charge in [0.1, 0.15) is 6.04 Å². The van der Waals surface area contributed by atoms with Crippen molar-refractivity contribution in [2.24, 2.45) is 17.8 Å². The van der Waals surface area contributed by atoms with E-state index in [1.165, 1.54) is 39.2 Å². The molecule has 10 heteroatoms. The average molecular weight is 451 g/mol. The SMILES string of the molecule is COC[C@H](c1cnn2cc(CC3CC4CCCC4C3)nc2c1)N1C[C@@H](C(F)(F)F)NC1=O. The van der Waals surface area contributed by atoms with Crippen molar-refractivity contribution >= 4 is 11.7 Å². The number of fused-ring (bicyclic) bond motifs is 2. The summed E-state index contributed by atoms with van der Waals surface area (Å²) in [6, 6.07) is -1.54. The minimum absolute atomic E-state index is 0.0638. The lowest BCUT2D eigenvalue weighted by Crippen LogP contribution is -2.40. The first kappa shape index (κ1) is 21.5. The van der Waals surface area contributed by atoms with Crippen LogP contribution in [0.5, 0.6) is 0 Å². The highest BCUT2D eigenvalue weighted by Gasteiger charge is 2.48. The van der Waals surface area contributed by atoms with Gasteiger partial charge in [0.05, 0.1) is 37.3 Å². The highest BCUT2D eigenvalue weighted by molar-refractivity contribution is 5.77. The Labute approximate surface area is 184 Å². The fourth-order valence-electron chi connectivity index (χ4n) is 5.91. The Morgan fingerprint density at radius 3 is 2.69 bits per heavy atom. The molecule has 2 saturated carbocycles. The van der Waals surface area contributed by atoms with E-state index in [0.717, 1.165) is 28.9 Å². The maximum Gasteiger partial charge on any atom is 0.410 e. The topological polar surface area (TPSA) is 71.8 Å². The van der Waals surface area contributed by atoms with Crippen LogP contribution >= 0.6 is 0 Å². The summed E-state index contributed by atoms with van der Waals surface area (Å²) in [5.74, 6) is 2.41. The van der Waals surface area contributed by atoms with Crippen LogP contribution in [0.4, 0.5) is 18.0 Å². The number of methoxy groups -OCH3 is 1. The highest BCUT2D eigenvalue weighted by atomic mass is 19.4. The minimum atomic E-state index is -4.50. The third-order valence-electron chi connectivity index (χ3n) is 7.40. The van der Waals surface area contributed by atoms with Gasteiger partial charge in [0.2, 0.25) is 0 Å². The summed E-state index contributed by atoms with van der Waals surface area (Å²) < 4.78 is 46.3. The summed E-state index contributed by atoms with van der Waals surface area (Å²) in [6.07, 6.45) is 6.57. The van der Waals surface area contributed by atoms with E-state index in [2.05, 4.69) is 5.10 Å². The molecule has 3 aliphatic rings. The minimum Gasteiger partial charge on any atom is -0.382 e. The number of rotatable bonds is 6. The van der Waals surface area contributed by atoms with Gasteiger partial charge in [-0.1, -0.05) is 19.3 Å². The van der Waals surface area contributed by atoms with Crippen LogP contribution in [0.3, 0.4) is 0 Å². The van der Waals surface area contributed by atoms with Gasteiger partial charge in [-0.25, -0.2) is 14.3 Å². The van der Waals surface area contributed by atoms with Crippen LogP contribution < -0.4 is 5.32 Å². The number of carbonyl (C=O) groups is 1. The molecule has 5 rings (SSSR count). The van der Waals surface area contributed by atoms with Crippen molar-refractivity contribution in [3.8, 4) is 0 Å². The summed E-state index contributed by atoms with van der Waals surface area (Å²) in [5.41, 5.74) is 2.22. The lowest BCUT2D eigenvalue weighted by Gasteiger charge is -2.26. The molecule has 2 unspecified atom stereocenters. The van der Waals surface area contributed by atoms with Crippen molar-refractivity contribution in [1.29, 1.82) is 0 Å². The van der Waals surface area contributed by atoms with Gasteiger partial charge in [-0.2, -0.15) is 18.3 Å². The first-order chi connectivity index (χ1) is 15.3. The van der Waals surface area contributed by atoms with Crippen LogP contribution in [-0.4, -0.2) is 58.0 Å². The molecule has 1 saturated heterocycles. The summed E-state index contributed by atoms with van der Waals surface area (Å²) in [5, 5.41) is 6.44. The van der Waals surface area contributed by atoms with E-state index in [1.807, 2.05) is 11.5 Å². The Morgan fingerprint density at radius 1 is 1.28 bits per heavy atom. The Morgan fingerprint density at radius 2 is 2.03 bits per heavy atom. The van der Waals surface area contributed by atoms with Crippen molar-refractivity contribution in [2.45, 2.75) is 56.8 Å². The molecule has 1 aliphatic heterocycles. The van der Waals surface area contributed by atoms with Crippen molar-refractivity contribution in [1.82, 2.24) is 24.8 Å². The Balaban J connectivity index is 1.34. The van der Waals surface area contributed by atoms with Crippen molar-refractivity contribution < 1.29 is 22.7 Å². The molecule has 0 spiro atoms. The molecule has 0 aromatic carbocycles. The standard InChI is InChI=1S/C22H28F3N5O2/c1-32-12-18(29-11-19(22(23,24)25)28-21(29)31)16-8-20-27-17(10-30(20)26-9-16)7-13-5-14-3-2-4-15(14)6-13/h8-10,13-15,18-19H,2-7,11-12H2,1H3,(H,28,31)/t13?,14?,15?,18-,19+/m1/s1. The molecule has 1 N–H and O–H groups in total. The zero-order chi connectivity index (χ0) is 22.5. The van der Waals surface area contributed by atoms with Crippen LogP contribution in [0.25, 0.3) is 5.65 Å². The molecule has 32 heavy (non-hydrogen) atoms. The molecule has 3 heterocycles. The number of nitrogens with zero attached hydrogens (tertiary/aromatic N) is 4. The van der Waals surface area contributed by atoms with Gasteiger partial charge in [0.25, 0.3) is 0 Å². The predicted molar refractivity (Wildman–Crippen MR) is 110 cm³/mol. The lowest BCUT2D eigenvalue weighted by molar-refractivity contribution is -0.150. The van der Waals surface area contributed by atoms with Crippen LogP contribution in [-0.2, 0) is 11.2 Å². The van der Waals surface area contributed by atoms with Crippen LogP contribution in [0.15, 0.2) is 18.5 Å². The molecule has 174 valence electrons. The first-order valence-corrected chi connectivity index (χ1v) is 11.3. The van der Waals surface area contributed by atoms with Gasteiger partial charge < -0.3 is 15.0 Å². The van der Waals surface area contributed by atoms with Gasteiger partial charge in [-0.3, -0.25) is 0 Å². The highest BCUT2D eigenvalue weighted by Crippen LogP contribution is 2.47. The van der Waals surface area contributed by atoms with Crippen molar-refractivity contribution in [2.75, 3.05) is 20.3 Å². The number of amides is 2. The fourth-order valence-corrected chi connectivity index (χ4v) is 5.91. The third-order valence-corrected chi connectivity index (χ3v) is 7.40. The number of aromatic nitrogens is 3. The molecule has 7 nitrogen and oxygen atoms in total. The largest absolute Gasteiger partial charge is 0.410 e. The van der Waals surface area contributed by atoms with Gasteiger partial charge in [0, 0.05) is 12.7 Å². The molecule has 2 aromatic rings. The number of nitrogens with one attached hydrogen (secondary N) is 1. The smallest absolute Gasteiger partial charge is 0.382 e. The summed E-state index contributed by atoms with van der Waals surface area (Å²) in [4.78, 5) is 18.2. The van der Waals surface area contributed by atoms with E-state index in [1.54, 1.807) is 16.8 Å². The number of carbonyl (C=O) groups excluding carboxylic acids is 1. The molecule has 3 fully saturated rings. The number of alkyl halides is 3. The zero-order valence-corrected chi connectivity index (χ0v) is 18.0. The quantitative estimate of drug-likeness (QED) is 0.726. The second kappa shape index (κ2) is 8.20. The van der Waals surface area contributed by atoms with E-state index in [4.69, 9.17) is 9.72 Å². The molecular weight excluding hydrogens is 423 g/mol. The van der Waals surface area contributed by atoms with E-state index in [9.17, 15) is 18.0 Å². The molecule has 0 radical (unpaired) electrons. The number of hydrogen-bond acceptors (Lipinski definition) is 4. The van der Waals surface area contributed by atoms with Crippen LogP contribution in [0, 0.1) is 17.8 Å². The van der Waals surface area contributed by atoms with E-state index in [0.29, 0.717) is 17.1 Å². The maximum atomic E-state index is 13.1. The summed E-state index contributed by atoms with van der Waals surface area (Å²) in [7, 11) is 1.46. The monoisotopic (exact) mass is 451 g/mol. The third kappa shape index (κ3) is 4.04. The van der Waals surface area contributed by atoms with Gasteiger partial charge in [-0.15, -0.1) is 0 Å². The van der Waals surface area contributed by atoms with Crippen LogP contribution in [0.1, 0.15) is 49.4 Å². The molecule has 0 bridgehead atoms. The number of hydrogen-bond donors (Lipinski definition) is 1. The number of halogens is 3. The normalized spacial score (nSPS) is 29.0. The molecular formula is C22H28F3N5O2. The number of ether oxygens (including phenoxy) is 1. The Bertz CT molecular complexity index is 982. The molecule has 2 aromatic heterocycles.